The van der Waals surface area contributed by atoms with Gasteiger partial charge < -0.3 is 9.64 Å². The van der Waals surface area contributed by atoms with Crippen LogP contribution in [-0.2, 0) is 4.74 Å². The highest BCUT2D eigenvalue weighted by molar-refractivity contribution is 9.10. The average Bonchev–Trinajstić information content (AvgIpc) is 2.82. The number of carbonyl (C=O) groups is 1. The molecule has 1 aliphatic heterocycles. The van der Waals surface area contributed by atoms with E-state index in [9.17, 15) is 4.79 Å². The summed E-state index contributed by atoms with van der Waals surface area (Å²) in [5, 5.41) is 8.18. The SMILES string of the molecule is Cc1c(Br)nnn1[C@@H]1CCN(C(=O)OC(C)(C)C)[C@@H]1C. The van der Waals surface area contributed by atoms with Crippen LogP contribution in [0.3, 0.4) is 0 Å². The smallest absolute Gasteiger partial charge is 0.410 e. The van der Waals surface area contributed by atoms with Gasteiger partial charge in [-0.1, -0.05) is 5.21 Å². The normalized spacial score (nSPS) is 23.2. The van der Waals surface area contributed by atoms with E-state index in [1.807, 2.05) is 39.3 Å². The number of carbonyl (C=O) groups excluding carboxylic acids is 1. The van der Waals surface area contributed by atoms with Gasteiger partial charge in [0.25, 0.3) is 0 Å². The molecule has 1 aliphatic rings. The fourth-order valence-corrected chi connectivity index (χ4v) is 2.72. The molecule has 2 atom stereocenters. The third-order valence-electron chi connectivity index (χ3n) is 3.53. The summed E-state index contributed by atoms with van der Waals surface area (Å²) in [4.78, 5) is 14.0. The Bertz CT molecular complexity index is 509. The minimum atomic E-state index is -0.471. The Balaban J connectivity index is 2.12. The van der Waals surface area contributed by atoms with E-state index >= 15 is 0 Å². The van der Waals surface area contributed by atoms with E-state index in [0.29, 0.717) is 6.54 Å². The topological polar surface area (TPSA) is 60.2 Å². The summed E-state index contributed by atoms with van der Waals surface area (Å²) in [7, 11) is 0. The van der Waals surface area contributed by atoms with Gasteiger partial charge in [0.15, 0.2) is 4.60 Å². The molecule has 7 heteroatoms. The van der Waals surface area contributed by atoms with Crippen molar-refractivity contribution >= 4 is 22.0 Å². The predicted octanol–water partition coefficient (Wildman–Crippen LogP) is 2.92. The van der Waals surface area contributed by atoms with Gasteiger partial charge in [0, 0.05) is 6.54 Å². The summed E-state index contributed by atoms with van der Waals surface area (Å²) < 4.78 is 8.08. The zero-order chi connectivity index (χ0) is 15.1. The molecule has 1 fully saturated rings. The first-order valence-electron chi connectivity index (χ1n) is 6.77. The van der Waals surface area contributed by atoms with Crippen molar-refractivity contribution in [2.45, 2.75) is 58.7 Å². The number of likely N-dealkylation sites (tertiary alicyclic amines) is 1. The van der Waals surface area contributed by atoms with Gasteiger partial charge in [-0.3, -0.25) is 0 Å². The fourth-order valence-electron chi connectivity index (χ4n) is 2.47. The summed E-state index contributed by atoms with van der Waals surface area (Å²) in [5.74, 6) is 0. The second-order valence-corrected chi connectivity index (χ2v) is 6.93. The number of nitrogens with zero attached hydrogens (tertiary/aromatic N) is 4. The van der Waals surface area contributed by atoms with Gasteiger partial charge in [-0.15, -0.1) is 5.10 Å². The number of ether oxygens (including phenoxy) is 1. The van der Waals surface area contributed by atoms with E-state index in [1.54, 1.807) is 4.90 Å². The zero-order valence-electron chi connectivity index (χ0n) is 12.6. The number of amides is 1. The van der Waals surface area contributed by atoms with Crippen molar-refractivity contribution < 1.29 is 9.53 Å². The molecule has 0 N–H and O–H groups in total. The van der Waals surface area contributed by atoms with Gasteiger partial charge in [-0.25, -0.2) is 9.48 Å². The second kappa shape index (κ2) is 5.35. The number of hydrogen-bond acceptors (Lipinski definition) is 4. The van der Waals surface area contributed by atoms with Crippen LogP contribution in [-0.4, -0.2) is 44.2 Å². The molecule has 2 heterocycles. The van der Waals surface area contributed by atoms with Gasteiger partial charge in [0.2, 0.25) is 0 Å². The largest absolute Gasteiger partial charge is 0.444 e. The van der Waals surface area contributed by atoms with Gasteiger partial charge >= 0.3 is 6.09 Å². The molecular weight excluding hydrogens is 324 g/mol. The third-order valence-corrected chi connectivity index (χ3v) is 4.26. The van der Waals surface area contributed by atoms with E-state index in [4.69, 9.17) is 4.74 Å². The Hall–Kier alpha value is -1.11. The fraction of sp³-hybridized carbons (Fsp3) is 0.769. The molecule has 1 saturated heterocycles. The number of aromatic nitrogens is 3. The van der Waals surface area contributed by atoms with Gasteiger partial charge in [-0.05, 0) is 57.0 Å². The number of hydrogen-bond donors (Lipinski definition) is 0. The molecular formula is C13H21BrN4O2. The van der Waals surface area contributed by atoms with Crippen LogP contribution in [0.1, 0.15) is 45.9 Å². The third kappa shape index (κ3) is 2.97. The molecule has 112 valence electrons. The molecule has 0 aliphatic carbocycles. The maximum Gasteiger partial charge on any atom is 0.410 e. The van der Waals surface area contributed by atoms with Crippen molar-refractivity contribution in [3.05, 3.63) is 10.3 Å². The molecule has 0 bridgehead atoms. The van der Waals surface area contributed by atoms with Gasteiger partial charge in [0.05, 0.1) is 17.8 Å². The minimum Gasteiger partial charge on any atom is -0.444 e. The van der Waals surface area contributed by atoms with E-state index < -0.39 is 5.60 Å². The quantitative estimate of drug-likeness (QED) is 0.785. The first-order chi connectivity index (χ1) is 9.20. The summed E-state index contributed by atoms with van der Waals surface area (Å²) in [5.41, 5.74) is 0.508. The first-order valence-corrected chi connectivity index (χ1v) is 7.57. The van der Waals surface area contributed by atoms with E-state index in [1.165, 1.54) is 0 Å². The summed E-state index contributed by atoms with van der Waals surface area (Å²) in [6.07, 6.45) is 0.598. The summed E-state index contributed by atoms with van der Waals surface area (Å²) in [6, 6.07) is 0.179. The first kappa shape index (κ1) is 15.3. The highest BCUT2D eigenvalue weighted by Gasteiger charge is 2.38. The maximum absolute atomic E-state index is 12.2. The van der Waals surface area contributed by atoms with Crippen LogP contribution in [0.25, 0.3) is 0 Å². The van der Waals surface area contributed by atoms with Crippen LogP contribution in [0.5, 0.6) is 0 Å². The lowest BCUT2D eigenvalue weighted by atomic mass is 10.1. The van der Waals surface area contributed by atoms with E-state index in [0.717, 1.165) is 16.7 Å². The van der Waals surface area contributed by atoms with Crippen molar-refractivity contribution in [1.29, 1.82) is 0 Å². The molecule has 0 saturated carbocycles. The van der Waals surface area contributed by atoms with Gasteiger partial charge in [0.1, 0.15) is 5.60 Å². The molecule has 1 aromatic rings. The zero-order valence-corrected chi connectivity index (χ0v) is 14.1. The molecule has 20 heavy (non-hydrogen) atoms. The maximum atomic E-state index is 12.2. The Morgan fingerprint density at radius 2 is 2.10 bits per heavy atom. The van der Waals surface area contributed by atoms with Crippen molar-refractivity contribution in [2.24, 2.45) is 0 Å². The molecule has 6 nitrogen and oxygen atoms in total. The predicted molar refractivity (Wildman–Crippen MR) is 78.5 cm³/mol. The summed E-state index contributed by atoms with van der Waals surface area (Å²) >= 11 is 3.37. The average molecular weight is 345 g/mol. The van der Waals surface area contributed by atoms with Crippen LogP contribution in [0.4, 0.5) is 4.79 Å². The highest BCUT2D eigenvalue weighted by Crippen LogP contribution is 2.31. The Kier molecular flexibility index (Phi) is 4.09. The van der Waals surface area contributed by atoms with Crippen LogP contribution in [0.2, 0.25) is 0 Å². The van der Waals surface area contributed by atoms with Crippen LogP contribution in [0.15, 0.2) is 4.60 Å². The van der Waals surface area contributed by atoms with Crippen LogP contribution >= 0.6 is 15.9 Å². The Morgan fingerprint density at radius 3 is 2.60 bits per heavy atom. The van der Waals surface area contributed by atoms with Crippen molar-refractivity contribution in [3.8, 4) is 0 Å². The van der Waals surface area contributed by atoms with Crippen LogP contribution in [0, 0.1) is 6.92 Å². The molecule has 0 radical (unpaired) electrons. The van der Waals surface area contributed by atoms with E-state index in [2.05, 4.69) is 26.2 Å². The monoisotopic (exact) mass is 344 g/mol. The molecule has 0 spiro atoms. The Morgan fingerprint density at radius 1 is 1.45 bits per heavy atom. The van der Waals surface area contributed by atoms with Crippen molar-refractivity contribution in [1.82, 2.24) is 19.9 Å². The second-order valence-electron chi connectivity index (χ2n) is 6.18. The van der Waals surface area contributed by atoms with Crippen molar-refractivity contribution in [3.63, 3.8) is 0 Å². The molecule has 2 rings (SSSR count). The molecule has 1 aromatic heterocycles. The highest BCUT2D eigenvalue weighted by atomic mass is 79.9. The summed E-state index contributed by atoms with van der Waals surface area (Å²) in [6.45, 7) is 10.3. The number of halogens is 1. The lowest BCUT2D eigenvalue weighted by Gasteiger charge is -2.28. The lowest BCUT2D eigenvalue weighted by Crippen LogP contribution is -2.40. The van der Waals surface area contributed by atoms with E-state index in [-0.39, 0.29) is 18.2 Å². The molecule has 0 aromatic carbocycles. The van der Waals surface area contributed by atoms with Gasteiger partial charge in [-0.2, -0.15) is 0 Å². The molecule has 0 unspecified atom stereocenters. The standard InChI is InChI=1S/C13H21BrN4O2/c1-8-10(18-9(2)11(14)15-16-18)6-7-17(8)12(19)20-13(3,4)5/h8,10H,6-7H2,1-5H3/t8-,10-/m1/s1. The van der Waals surface area contributed by atoms with Crippen LogP contribution < -0.4 is 0 Å². The Labute approximate surface area is 127 Å². The molecule has 1 amide bonds. The number of rotatable bonds is 1. The van der Waals surface area contributed by atoms with Crippen molar-refractivity contribution in [2.75, 3.05) is 6.54 Å². The minimum absolute atomic E-state index is 0.0390. The lowest BCUT2D eigenvalue weighted by molar-refractivity contribution is 0.0222.